The molecular formula is C12H18N4O2S. The average molecular weight is 282 g/mol. The maximum absolute atomic E-state index is 12.0. The van der Waals surface area contributed by atoms with Crippen molar-refractivity contribution >= 4 is 23.8 Å². The standard InChI is InChI=1S/C12H18N4O2S/c1-12(2,3)18-11(17)16-5-7-8(6-16)14-10(13)15-9(7)19-4/h5-6H2,1-4H3,(H2,13,14,15). The number of fused-ring (bicyclic) bond motifs is 1. The predicted octanol–water partition coefficient (Wildman–Crippen LogP) is 2.03. The van der Waals surface area contributed by atoms with Gasteiger partial charge in [0.05, 0.1) is 18.8 Å². The summed E-state index contributed by atoms with van der Waals surface area (Å²) in [4.78, 5) is 22.0. The van der Waals surface area contributed by atoms with E-state index in [-0.39, 0.29) is 12.0 Å². The fourth-order valence-corrected chi connectivity index (χ4v) is 2.48. The lowest BCUT2D eigenvalue weighted by molar-refractivity contribution is 0.0240. The summed E-state index contributed by atoms with van der Waals surface area (Å²) >= 11 is 1.51. The molecule has 0 saturated heterocycles. The number of carbonyl (C=O) groups excluding carboxylic acids is 1. The van der Waals surface area contributed by atoms with Gasteiger partial charge in [0.25, 0.3) is 0 Å². The lowest BCUT2D eigenvalue weighted by Crippen LogP contribution is -2.33. The Morgan fingerprint density at radius 1 is 1.37 bits per heavy atom. The van der Waals surface area contributed by atoms with Crippen LogP contribution >= 0.6 is 11.8 Å². The van der Waals surface area contributed by atoms with Crippen LogP contribution in [0, 0.1) is 0 Å². The second-order valence-electron chi connectivity index (χ2n) is 5.35. The van der Waals surface area contributed by atoms with Crippen LogP contribution in [0.15, 0.2) is 5.03 Å². The van der Waals surface area contributed by atoms with Crippen LogP contribution in [0.2, 0.25) is 0 Å². The first-order valence-electron chi connectivity index (χ1n) is 5.97. The lowest BCUT2D eigenvalue weighted by Gasteiger charge is -2.23. The Morgan fingerprint density at radius 3 is 2.63 bits per heavy atom. The molecule has 0 atom stereocenters. The number of amides is 1. The Morgan fingerprint density at radius 2 is 2.05 bits per heavy atom. The summed E-state index contributed by atoms with van der Waals surface area (Å²) in [6.07, 6.45) is 1.59. The fourth-order valence-electron chi connectivity index (χ4n) is 1.87. The monoisotopic (exact) mass is 282 g/mol. The van der Waals surface area contributed by atoms with E-state index in [9.17, 15) is 4.79 Å². The SMILES string of the molecule is CSc1nc(N)nc2c1CN(C(=O)OC(C)(C)C)C2. The summed E-state index contributed by atoms with van der Waals surface area (Å²) in [7, 11) is 0. The number of hydrogen-bond donors (Lipinski definition) is 1. The maximum atomic E-state index is 12.0. The molecule has 0 unspecified atom stereocenters. The van der Waals surface area contributed by atoms with Gasteiger partial charge in [0.15, 0.2) is 0 Å². The summed E-state index contributed by atoms with van der Waals surface area (Å²) in [5.74, 6) is 0.245. The summed E-state index contributed by atoms with van der Waals surface area (Å²) in [6.45, 7) is 6.43. The molecule has 19 heavy (non-hydrogen) atoms. The van der Waals surface area contributed by atoms with E-state index in [1.807, 2.05) is 27.0 Å². The highest BCUT2D eigenvalue weighted by Crippen LogP contribution is 2.30. The molecule has 6 nitrogen and oxygen atoms in total. The van der Waals surface area contributed by atoms with Crippen LogP contribution < -0.4 is 5.73 Å². The summed E-state index contributed by atoms with van der Waals surface area (Å²) < 4.78 is 5.36. The van der Waals surface area contributed by atoms with Gasteiger partial charge in [-0.3, -0.25) is 4.90 Å². The van der Waals surface area contributed by atoms with Crippen molar-refractivity contribution in [3.05, 3.63) is 11.3 Å². The molecular weight excluding hydrogens is 264 g/mol. The van der Waals surface area contributed by atoms with Gasteiger partial charge in [-0.1, -0.05) is 0 Å². The number of aromatic nitrogens is 2. The molecule has 0 fully saturated rings. The fraction of sp³-hybridized carbons (Fsp3) is 0.583. The van der Waals surface area contributed by atoms with Gasteiger partial charge < -0.3 is 10.5 Å². The third-order valence-electron chi connectivity index (χ3n) is 2.61. The zero-order chi connectivity index (χ0) is 14.2. The van der Waals surface area contributed by atoms with Gasteiger partial charge in [-0.15, -0.1) is 11.8 Å². The molecule has 2 rings (SSSR count). The Bertz CT molecular complexity index is 513. The van der Waals surface area contributed by atoms with Crippen molar-refractivity contribution in [1.29, 1.82) is 0 Å². The van der Waals surface area contributed by atoms with Crippen molar-refractivity contribution in [1.82, 2.24) is 14.9 Å². The van der Waals surface area contributed by atoms with Crippen molar-refractivity contribution in [2.24, 2.45) is 0 Å². The summed E-state index contributed by atoms with van der Waals surface area (Å²) in [5, 5.41) is 0.827. The molecule has 1 amide bonds. The number of thioether (sulfide) groups is 1. The minimum Gasteiger partial charge on any atom is -0.444 e. The normalized spacial score (nSPS) is 14.4. The number of hydrogen-bond acceptors (Lipinski definition) is 6. The first-order valence-corrected chi connectivity index (χ1v) is 7.20. The van der Waals surface area contributed by atoms with Crippen LogP contribution in [-0.2, 0) is 17.8 Å². The van der Waals surface area contributed by atoms with Crippen LogP contribution in [0.3, 0.4) is 0 Å². The molecule has 1 aromatic heterocycles. The van der Waals surface area contributed by atoms with E-state index in [0.717, 1.165) is 16.3 Å². The zero-order valence-corrected chi connectivity index (χ0v) is 12.4. The highest BCUT2D eigenvalue weighted by atomic mass is 32.2. The second kappa shape index (κ2) is 4.88. The number of anilines is 1. The van der Waals surface area contributed by atoms with Gasteiger partial charge in [-0.05, 0) is 27.0 Å². The van der Waals surface area contributed by atoms with Crippen LogP contribution in [-0.4, -0.2) is 32.8 Å². The number of rotatable bonds is 1. The summed E-state index contributed by atoms with van der Waals surface area (Å²) in [5.41, 5.74) is 6.93. The maximum Gasteiger partial charge on any atom is 0.410 e. The number of carbonyl (C=O) groups is 1. The molecule has 0 radical (unpaired) electrons. The predicted molar refractivity (Wildman–Crippen MR) is 73.7 cm³/mol. The van der Waals surface area contributed by atoms with Gasteiger partial charge in [-0.25, -0.2) is 14.8 Å². The van der Waals surface area contributed by atoms with Crippen molar-refractivity contribution in [3.63, 3.8) is 0 Å². The Balaban J connectivity index is 2.18. The molecule has 1 aromatic rings. The topological polar surface area (TPSA) is 81.3 Å². The third kappa shape index (κ3) is 3.09. The van der Waals surface area contributed by atoms with Crippen molar-refractivity contribution in [2.75, 3.05) is 12.0 Å². The second-order valence-corrected chi connectivity index (χ2v) is 6.15. The van der Waals surface area contributed by atoms with Crippen LogP contribution in [0.1, 0.15) is 32.0 Å². The molecule has 0 saturated carbocycles. The first-order chi connectivity index (χ1) is 8.80. The molecule has 0 bridgehead atoms. The lowest BCUT2D eigenvalue weighted by atomic mass is 10.2. The van der Waals surface area contributed by atoms with E-state index >= 15 is 0 Å². The Kier molecular flexibility index (Phi) is 3.58. The van der Waals surface area contributed by atoms with Crippen LogP contribution in [0.25, 0.3) is 0 Å². The molecule has 2 N–H and O–H groups in total. The van der Waals surface area contributed by atoms with Gasteiger partial charge in [0.1, 0.15) is 10.6 Å². The quantitative estimate of drug-likeness (QED) is 0.627. The van der Waals surface area contributed by atoms with E-state index in [4.69, 9.17) is 10.5 Å². The average Bonchev–Trinajstić information content (AvgIpc) is 2.69. The molecule has 1 aliphatic rings. The number of nitrogen functional groups attached to an aromatic ring is 1. The number of nitrogens with two attached hydrogens (primary N) is 1. The molecule has 0 aromatic carbocycles. The number of nitrogens with zero attached hydrogens (tertiary/aromatic N) is 3. The van der Waals surface area contributed by atoms with E-state index < -0.39 is 5.60 Å². The molecule has 1 aliphatic heterocycles. The van der Waals surface area contributed by atoms with Crippen molar-refractivity contribution in [3.8, 4) is 0 Å². The molecule has 2 heterocycles. The van der Waals surface area contributed by atoms with Gasteiger partial charge >= 0.3 is 6.09 Å². The van der Waals surface area contributed by atoms with Gasteiger partial charge in [-0.2, -0.15) is 0 Å². The van der Waals surface area contributed by atoms with Crippen molar-refractivity contribution in [2.45, 2.75) is 44.5 Å². The Labute approximate surface area is 116 Å². The van der Waals surface area contributed by atoms with E-state index in [1.54, 1.807) is 4.90 Å². The van der Waals surface area contributed by atoms with Gasteiger partial charge in [0.2, 0.25) is 5.95 Å². The molecule has 0 aliphatic carbocycles. The third-order valence-corrected chi connectivity index (χ3v) is 3.33. The van der Waals surface area contributed by atoms with Crippen molar-refractivity contribution < 1.29 is 9.53 Å². The molecule has 7 heteroatoms. The summed E-state index contributed by atoms with van der Waals surface area (Å²) in [6, 6.07) is 0. The Hall–Kier alpha value is -1.50. The van der Waals surface area contributed by atoms with Crippen LogP contribution in [0.5, 0.6) is 0 Å². The van der Waals surface area contributed by atoms with E-state index in [2.05, 4.69) is 9.97 Å². The smallest absolute Gasteiger partial charge is 0.410 e. The number of ether oxygens (including phenoxy) is 1. The largest absolute Gasteiger partial charge is 0.444 e. The molecule has 104 valence electrons. The highest BCUT2D eigenvalue weighted by Gasteiger charge is 2.30. The first kappa shape index (κ1) is 13.9. The zero-order valence-electron chi connectivity index (χ0n) is 11.6. The molecule has 0 spiro atoms. The van der Waals surface area contributed by atoms with Crippen LogP contribution in [0.4, 0.5) is 10.7 Å². The van der Waals surface area contributed by atoms with E-state index in [0.29, 0.717) is 13.1 Å². The highest BCUT2D eigenvalue weighted by molar-refractivity contribution is 7.98. The van der Waals surface area contributed by atoms with Gasteiger partial charge in [0, 0.05) is 5.56 Å². The minimum absolute atomic E-state index is 0.245. The minimum atomic E-state index is -0.501. The van der Waals surface area contributed by atoms with E-state index in [1.165, 1.54) is 11.8 Å².